The molecule has 1 aliphatic heterocycles. The summed E-state index contributed by atoms with van der Waals surface area (Å²) in [4.78, 5) is 28.3. The summed E-state index contributed by atoms with van der Waals surface area (Å²) < 4.78 is 6.44. The Morgan fingerprint density at radius 3 is 2.31 bits per heavy atom. The largest absolute Gasteiger partial charge is 0.466 e. The fourth-order valence-electron chi connectivity index (χ4n) is 4.46. The van der Waals surface area contributed by atoms with Crippen molar-refractivity contribution in [3.63, 3.8) is 0 Å². The molecule has 0 aromatic heterocycles. The number of carbonyl (C=O) groups excluding carboxylic acids is 2. The van der Waals surface area contributed by atoms with Crippen LogP contribution in [0.25, 0.3) is 4.48 Å². The molecule has 3 aromatic carbocycles. The summed E-state index contributed by atoms with van der Waals surface area (Å²) in [7, 11) is 1.25. The van der Waals surface area contributed by atoms with Crippen molar-refractivity contribution in [2.75, 3.05) is 7.11 Å². The van der Waals surface area contributed by atoms with E-state index in [0.717, 1.165) is 10.0 Å². The van der Waals surface area contributed by atoms with Gasteiger partial charge in [-0.05, 0) is 63.5 Å². The summed E-state index contributed by atoms with van der Waals surface area (Å²) in [6.07, 6.45) is 1.59. The number of esters is 1. The van der Waals surface area contributed by atoms with E-state index in [9.17, 15) is 14.9 Å². The van der Waals surface area contributed by atoms with E-state index in [4.69, 9.17) is 16.3 Å². The monoisotopic (exact) mass is 624 g/mol. The number of nitriles is 1. The zero-order valence-corrected chi connectivity index (χ0v) is 23.0. The van der Waals surface area contributed by atoms with Crippen molar-refractivity contribution in [3.05, 3.63) is 123 Å². The molecule has 36 heavy (non-hydrogen) atoms. The predicted molar refractivity (Wildman–Crippen MR) is 146 cm³/mol. The average Bonchev–Trinajstić information content (AvgIpc) is 2.90. The first-order valence-corrected chi connectivity index (χ1v) is 12.7. The molecule has 8 heteroatoms. The number of amides is 1. The minimum Gasteiger partial charge on any atom is -0.466 e. The van der Waals surface area contributed by atoms with Crippen LogP contribution in [0.3, 0.4) is 0 Å². The van der Waals surface area contributed by atoms with Crippen molar-refractivity contribution in [1.82, 2.24) is 4.90 Å². The molecule has 1 aliphatic rings. The van der Waals surface area contributed by atoms with E-state index < -0.39 is 23.3 Å². The standard InChI is InChI=1S/C28H19Br2ClN2O3/c1-17(27(35)36-2)25(18-9-13-21(31)14-10-18)28(16-32)23-6-4-3-5-22(23)24(30)15-33(28)26(34)19-7-11-20(29)12-8-19/h3-15,25H,1H2,2H3/t25-,28-/m0/s1. The smallest absolute Gasteiger partial charge is 0.333 e. The summed E-state index contributed by atoms with van der Waals surface area (Å²) in [5, 5.41) is 11.4. The minimum absolute atomic E-state index is 0.0243. The van der Waals surface area contributed by atoms with Gasteiger partial charge in [-0.2, -0.15) is 5.26 Å². The normalized spacial score (nSPS) is 17.3. The lowest BCUT2D eigenvalue weighted by Crippen LogP contribution is -2.52. The summed E-state index contributed by atoms with van der Waals surface area (Å²) in [5.41, 5.74) is 0.541. The van der Waals surface area contributed by atoms with Crippen LogP contribution in [0, 0.1) is 11.3 Å². The molecule has 0 bridgehead atoms. The molecule has 0 aliphatic carbocycles. The second-order valence-corrected chi connectivity index (χ2v) is 10.3. The van der Waals surface area contributed by atoms with Crippen molar-refractivity contribution in [3.8, 4) is 6.07 Å². The first-order valence-electron chi connectivity index (χ1n) is 10.7. The van der Waals surface area contributed by atoms with Crippen molar-refractivity contribution >= 4 is 59.8 Å². The average molecular weight is 627 g/mol. The fourth-order valence-corrected chi connectivity index (χ4v) is 5.40. The molecule has 2 atom stereocenters. The maximum atomic E-state index is 14.0. The van der Waals surface area contributed by atoms with E-state index in [1.807, 2.05) is 12.1 Å². The lowest BCUT2D eigenvalue weighted by atomic mass is 9.68. The zero-order valence-electron chi connectivity index (χ0n) is 19.0. The summed E-state index contributed by atoms with van der Waals surface area (Å²) in [5.74, 6) is -2.09. The zero-order chi connectivity index (χ0) is 26.0. The molecule has 1 amide bonds. The Kier molecular flexibility index (Phi) is 7.51. The van der Waals surface area contributed by atoms with E-state index in [-0.39, 0.29) is 5.57 Å². The van der Waals surface area contributed by atoms with Gasteiger partial charge in [0.1, 0.15) is 0 Å². The maximum Gasteiger partial charge on any atom is 0.333 e. The Balaban J connectivity index is 2.06. The Morgan fingerprint density at radius 1 is 1.06 bits per heavy atom. The van der Waals surface area contributed by atoms with E-state index >= 15 is 0 Å². The lowest BCUT2D eigenvalue weighted by molar-refractivity contribution is -0.136. The molecule has 5 nitrogen and oxygen atoms in total. The van der Waals surface area contributed by atoms with Crippen LogP contribution in [-0.2, 0) is 15.1 Å². The fraction of sp³-hybridized carbons (Fsp3) is 0.107. The van der Waals surface area contributed by atoms with Crippen molar-refractivity contribution in [2.24, 2.45) is 0 Å². The Bertz CT molecular complexity index is 1430. The lowest BCUT2D eigenvalue weighted by Gasteiger charge is -2.46. The summed E-state index contributed by atoms with van der Waals surface area (Å²) in [6.45, 7) is 4.03. The molecule has 0 saturated heterocycles. The molecule has 180 valence electrons. The molecule has 0 saturated carbocycles. The molecule has 0 radical (unpaired) electrons. The number of benzene rings is 3. The topological polar surface area (TPSA) is 70.4 Å². The first kappa shape index (κ1) is 25.9. The second kappa shape index (κ2) is 10.4. The molecule has 0 fully saturated rings. The second-order valence-electron chi connectivity index (χ2n) is 8.08. The van der Waals surface area contributed by atoms with Crippen LogP contribution in [0.4, 0.5) is 0 Å². The van der Waals surface area contributed by atoms with Crippen molar-refractivity contribution in [2.45, 2.75) is 11.5 Å². The van der Waals surface area contributed by atoms with Crippen LogP contribution in [0.1, 0.15) is 33.0 Å². The number of fused-ring (bicyclic) bond motifs is 1. The van der Waals surface area contributed by atoms with Crippen LogP contribution in [-0.4, -0.2) is 23.9 Å². The number of rotatable bonds is 5. The van der Waals surface area contributed by atoms with Crippen LogP contribution >= 0.6 is 43.5 Å². The number of halogens is 3. The van der Waals surface area contributed by atoms with Gasteiger partial charge >= 0.3 is 5.97 Å². The first-order chi connectivity index (χ1) is 17.2. The van der Waals surface area contributed by atoms with Crippen molar-refractivity contribution in [1.29, 1.82) is 5.26 Å². The van der Waals surface area contributed by atoms with Gasteiger partial charge in [0.05, 0.1) is 19.1 Å². The van der Waals surface area contributed by atoms with Crippen molar-refractivity contribution < 1.29 is 14.3 Å². The molecule has 1 heterocycles. The van der Waals surface area contributed by atoms with Crippen LogP contribution in [0.2, 0.25) is 5.02 Å². The third-order valence-corrected chi connectivity index (χ3v) is 7.53. The van der Waals surface area contributed by atoms with Gasteiger partial charge < -0.3 is 4.74 Å². The summed E-state index contributed by atoms with van der Waals surface area (Å²) >= 11 is 13.1. The molecule has 3 aromatic rings. The highest BCUT2D eigenvalue weighted by Crippen LogP contribution is 2.52. The van der Waals surface area contributed by atoms with Gasteiger partial charge in [-0.15, -0.1) is 0 Å². The molecular weight excluding hydrogens is 608 g/mol. The Labute approximate surface area is 230 Å². The molecule has 4 rings (SSSR count). The number of hydrogen-bond donors (Lipinski definition) is 0. The van der Waals surface area contributed by atoms with Crippen LogP contribution in [0.15, 0.2) is 95.6 Å². The number of hydrogen-bond acceptors (Lipinski definition) is 4. The number of nitrogens with zero attached hydrogens (tertiary/aromatic N) is 2. The third kappa shape index (κ3) is 4.41. The van der Waals surface area contributed by atoms with Gasteiger partial charge in [0, 0.05) is 36.9 Å². The highest BCUT2D eigenvalue weighted by atomic mass is 79.9. The number of ether oxygens (including phenoxy) is 1. The number of methoxy groups -OCH3 is 1. The van der Waals surface area contributed by atoms with E-state index in [1.54, 1.807) is 66.9 Å². The highest BCUT2D eigenvalue weighted by Gasteiger charge is 2.54. The van der Waals surface area contributed by atoms with Crippen LogP contribution in [0.5, 0.6) is 0 Å². The summed E-state index contributed by atoms with van der Waals surface area (Å²) in [6, 6.07) is 23.3. The van der Waals surface area contributed by atoms with E-state index in [2.05, 4.69) is 44.5 Å². The molecule has 0 N–H and O–H groups in total. The van der Waals surface area contributed by atoms with Gasteiger partial charge in [-0.1, -0.05) is 70.5 Å². The number of carbonyl (C=O) groups is 2. The Hall–Kier alpha value is -3.18. The van der Waals surface area contributed by atoms with E-state index in [1.165, 1.54) is 12.0 Å². The molecule has 0 unspecified atom stereocenters. The minimum atomic E-state index is -1.68. The quantitative estimate of drug-likeness (QED) is 0.222. The van der Waals surface area contributed by atoms with Gasteiger partial charge in [0.15, 0.2) is 5.54 Å². The predicted octanol–water partition coefficient (Wildman–Crippen LogP) is 7.18. The molecular formula is C28H19Br2ClN2O3. The molecule has 0 spiro atoms. The maximum absolute atomic E-state index is 14.0. The van der Waals surface area contributed by atoms with Crippen LogP contribution < -0.4 is 0 Å². The third-order valence-electron chi connectivity index (χ3n) is 6.12. The van der Waals surface area contributed by atoms with Gasteiger partial charge in [-0.3, -0.25) is 9.69 Å². The highest BCUT2D eigenvalue weighted by molar-refractivity contribution is 9.15. The van der Waals surface area contributed by atoms with Gasteiger partial charge in [0.25, 0.3) is 5.91 Å². The van der Waals surface area contributed by atoms with Gasteiger partial charge in [-0.25, -0.2) is 4.79 Å². The van der Waals surface area contributed by atoms with Gasteiger partial charge in [0.2, 0.25) is 0 Å². The van der Waals surface area contributed by atoms with E-state index in [0.29, 0.717) is 26.2 Å². The Morgan fingerprint density at radius 2 is 1.69 bits per heavy atom. The SMILES string of the molecule is C=C(C(=O)OC)[C@@H](c1ccc(Cl)cc1)[C@]1(C#N)c2ccccc2C(Br)=CN1C(=O)c1ccc(Br)cc1.